The van der Waals surface area contributed by atoms with Gasteiger partial charge >= 0.3 is 0 Å². The number of carbonyl (C=O) groups excluding carboxylic acids is 2. The third-order valence-electron chi connectivity index (χ3n) is 5.04. The summed E-state index contributed by atoms with van der Waals surface area (Å²) in [5.74, 6) is 0.953. The number of benzene rings is 3. The molecule has 3 heteroatoms. The van der Waals surface area contributed by atoms with Crippen molar-refractivity contribution in [2.24, 2.45) is 0 Å². The normalized spacial score (nSPS) is 14.7. The summed E-state index contributed by atoms with van der Waals surface area (Å²) in [5, 5.41) is 2.12. The smallest absolute Gasteiger partial charge is 0.141 e. The van der Waals surface area contributed by atoms with Crippen LogP contribution in [0.2, 0.25) is 0 Å². The van der Waals surface area contributed by atoms with Crippen LogP contribution in [0.15, 0.2) is 54.6 Å². The highest BCUT2D eigenvalue weighted by Gasteiger charge is 2.18. The van der Waals surface area contributed by atoms with Crippen LogP contribution in [0.3, 0.4) is 0 Å². The van der Waals surface area contributed by atoms with Crippen molar-refractivity contribution in [3.63, 3.8) is 0 Å². The number of carbonyl (C=O) groups is 2. The maximum absolute atomic E-state index is 12.7. The minimum Gasteiger partial charge on any atom is -0.496 e. The van der Waals surface area contributed by atoms with Crippen LogP contribution < -0.4 is 4.74 Å². The summed E-state index contributed by atoms with van der Waals surface area (Å²) >= 11 is 0. The largest absolute Gasteiger partial charge is 0.496 e. The molecule has 0 atom stereocenters. The molecule has 3 aromatic carbocycles. The lowest BCUT2D eigenvalue weighted by molar-refractivity contribution is -0.118. The van der Waals surface area contributed by atoms with Gasteiger partial charge in [-0.2, -0.15) is 0 Å². The first kappa shape index (κ1) is 16.5. The molecule has 0 saturated carbocycles. The van der Waals surface area contributed by atoms with Gasteiger partial charge in [0.1, 0.15) is 17.3 Å². The Morgan fingerprint density at radius 3 is 1.54 bits per heavy atom. The number of methoxy groups -OCH3 is 1. The zero-order chi connectivity index (χ0) is 18.1. The van der Waals surface area contributed by atoms with E-state index in [0.717, 1.165) is 33.0 Å². The van der Waals surface area contributed by atoms with E-state index in [1.807, 2.05) is 54.6 Å². The third-order valence-corrected chi connectivity index (χ3v) is 5.04. The molecule has 2 aliphatic rings. The zero-order valence-corrected chi connectivity index (χ0v) is 14.7. The number of ketones is 2. The van der Waals surface area contributed by atoms with Crippen LogP contribution in [0.1, 0.15) is 22.3 Å². The van der Waals surface area contributed by atoms with Gasteiger partial charge in [-0.15, -0.1) is 0 Å². The van der Waals surface area contributed by atoms with E-state index < -0.39 is 0 Å². The molecule has 3 nitrogen and oxygen atoms in total. The number of hydrogen-bond donors (Lipinski definition) is 0. The molecule has 0 radical (unpaired) electrons. The zero-order valence-electron chi connectivity index (χ0n) is 14.7. The fourth-order valence-electron chi connectivity index (χ4n) is 3.89. The number of rotatable bonds is 1. The molecule has 5 rings (SSSR count). The topological polar surface area (TPSA) is 43.4 Å². The second-order valence-corrected chi connectivity index (χ2v) is 6.82. The molecule has 26 heavy (non-hydrogen) atoms. The van der Waals surface area contributed by atoms with E-state index in [9.17, 15) is 9.59 Å². The van der Waals surface area contributed by atoms with Gasteiger partial charge in [0.25, 0.3) is 0 Å². The Balaban J connectivity index is 1.88. The van der Waals surface area contributed by atoms with Crippen LogP contribution in [-0.2, 0) is 35.3 Å². The highest BCUT2D eigenvalue weighted by Crippen LogP contribution is 2.29. The fraction of sp³-hybridized carbons (Fsp3) is 0.217. The van der Waals surface area contributed by atoms with Gasteiger partial charge in [0.2, 0.25) is 0 Å². The van der Waals surface area contributed by atoms with Gasteiger partial charge in [0.05, 0.1) is 7.11 Å². The summed E-state index contributed by atoms with van der Waals surface area (Å²) in [4.78, 5) is 25.5. The van der Waals surface area contributed by atoms with E-state index in [1.165, 1.54) is 0 Å². The summed E-state index contributed by atoms with van der Waals surface area (Å²) in [6, 6.07) is 17.7. The second kappa shape index (κ2) is 6.75. The van der Waals surface area contributed by atoms with Gasteiger partial charge in [-0.05, 0) is 21.9 Å². The van der Waals surface area contributed by atoms with Crippen LogP contribution in [-0.4, -0.2) is 18.7 Å². The summed E-state index contributed by atoms with van der Waals surface area (Å²) in [6.45, 7) is 0. The lowest BCUT2D eigenvalue weighted by atomic mass is 9.93. The van der Waals surface area contributed by atoms with Crippen molar-refractivity contribution in [3.05, 3.63) is 76.9 Å². The quantitative estimate of drug-likeness (QED) is 0.673. The van der Waals surface area contributed by atoms with Gasteiger partial charge in [-0.25, -0.2) is 0 Å². The summed E-state index contributed by atoms with van der Waals surface area (Å²) in [6.07, 6.45) is 1.37. The average Bonchev–Trinajstić information content (AvgIpc) is 2.64. The first-order valence-corrected chi connectivity index (χ1v) is 8.83. The van der Waals surface area contributed by atoms with E-state index in [-0.39, 0.29) is 11.6 Å². The minimum absolute atomic E-state index is 0.143. The number of Topliss-reactive ketones (excluding diaryl/α,β-unsaturated/α-hetero) is 2. The summed E-state index contributed by atoms with van der Waals surface area (Å²) in [5.41, 5.74) is 3.72. The van der Waals surface area contributed by atoms with E-state index in [1.54, 1.807) is 7.11 Å². The number of fused-ring (bicyclic) bond motifs is 5. The molecule has 0 N–H and O–H groups in total. The summed E-state index contributed by atoms with van der Waals surface area (Å²) in [7, 11) is 1.60. The Labute approximate surface area is 152 Å². The predicted molar refractivity (Wildman–Crippen MR) is 102 cm³/mol. The van der Waals surface area contributed by atoms with E-state index in [4.69, 9.17) is 4.74 Å². The standard InChI is InChI=1S/C23H20O3/c1-26-23-17-5-4-6-18(23)14-20(25)12-16-10-9-15(11-19(24)13-17)21-7-2-3-8-22(16)21/h2-10H,11-14H2,1H3. The van der Waals surface area contributed by atoms with Crippen molar-refractivity contribution in [2.45, 2.75) is 25.7 Å². The van der Waals surface area contributed by atoms with Crippen LogP contribution in [0.4, 0.5) is 0 Å². The van der Waals surface area contributed by atoms with Crippen molar-refractivity contribution >= 4 is 22.3 Å². The highest BCUT2D eigenvalue weighted by atomic mass is 16.5. The van der Waals surface area contributed by atoms with Crippen molar-refractivity contribution in [1.29, 1.82) is 0 Å². The van der Waals surface area contributed by atoms with E-state index in [2.05, 4.69) is 0 Å². The Morgan fingerprint density at radius 2 is 1.08 bits per heavy atom. The molecule has 3 aromatic rings. The first-order valence-electron chi connectivity index (χ1n) is 8.83. The molecule has 4 bridgehead atoms. The lowest BCUT2D eigenvalue weighted by Gasteiger charge is -2.12. The van der Waals surface area contributed by atoms with Crippen LogP contribution in [0, 0.1) is 0 Å². The maximum atomic E-state index is 12.7. The van der Waals surface area contributed by atoms with Gasteiger partial charge in [0, 0.05) is 36.8 Å². The van der Waals surface area contributed by atoms with Crippen LogP contribution >= 0.6 is 0 Å². The summed E-state index contributed by atoms with van der Waals surface area (Å²) < 4.78 is 5.55. The highest BCUT2D eigenvalue weighted by molar-refractivity contribution is 5.96. The lowest BCUT2D eigenvalue weighted by Crippen LogP contribution is -2.10. The molecular weight excluding hydrogens is 324 g/mol. The molecule has 2 aliphatic carbocycles. The van der Waals surface area contributed by atoms with Crippen LogP contribution in [0.5, 0.6) is 5.75 Å². The van der Waals surface area contributed by atoms with Gasteiger partial charge in [-0.3, -0.25) is 9.59 Å². The van der Waals surface area contributed by atoms with E-state index >= 15 is 0 Å². The van der Waals surface area contributed by atoms with Crippen molar-refractivity contribution in [1.82, 2.24) is 0 Å². The molecule has 0 unspecified atom stereocenters. The van der Waals surface area contributed by atoms with Crippen LogP contribution in [0.25, 0.3) is 10.8 Å². The maximum Gasteiger partial charge on any atom is 0.141 e. The fourth-order valence-corrected chi connectivity index (χ4v) is 3.89. The van der Waals surface area contributed by atoms with Crippen molar-refractivity contribution < 1.29 is 14.3 Å². The van der Waals surface area contributed by atoms with Crippen molar-refractivity contribution in [2.75, 3.05) is 7.11 Å². The molecule has 0 aromatic heterocycles. The third kappa shape index (κ3) is 3.01. The monoisotopic (exact) mass is 344 g/mol. The average molecular weight is 344 g/mol. The predicted octanol–water partition coefficient (Wildman–Crippen LogP) is 3.87. The van der Waals surface area contributed by atoms with E-state index in [0.29, 0.717) is 31.4 Å². The van der Waals surface area contributed by atoms with Gasteiger partial charge < -0.3 is 4.74 Å². The molecular formula is C23H20O3. The first-order chi connectivity index (χ1) is 12.7. The molecule has 0 amide bonds. The SMILES string of the molecule is COc1c2cccc1CC(=O)Cc1ccc(c3ccccc13)CC(=O)C2. The van der Waals surface area contributed by atoms with Gasteiger partial charge in [0.15, 0.2) is 0 Å². The molecule has 0 saturated heterocycles. The molecule has 130 valence electrons. The van der Waals surface area contributed by atoms with Crippen molar-refractivity contribution in [3.8, 4) is 5.75 Å². The molecule has 0 aliphatic heterocycles. The Morgan fingerprint density at radius 1 is 0.615 bits per heavy atom. The second-order valence-electron chi connectivity index (χ2n) is 6.82. The Kier molecular flexibility index (Phi) is 4.29. The molecule has 0 fully saturated rings. The number of hydrogen-bond acceptors (Lipinski definition) is 3. The Hall–Kier alpha value is -2.94. The molecule has 0 spiro atoms. The molecule has 0 heterocycles. The Bertz CT molecular complexity index is 940. The number of ether oxygens (including phenoxy) is 1. The number of para-hydroxylation sites is 1. The van der Waals surface area contributed by atoms with Gasteiger partial charge in [-0.1, -0.05) is 54.6 Å². The minimum atomic E-state index is 0.143.